The minimum absolute atomic E-state index is 0.530. The van der Waals surface area contributed by atoms with E-state index in [0.717, 1.165) is 30.9 Å². The lowest BCUT2D eigenvalue weighted by molar-refractivity contribution is 0.414. The van der Waals surface area contributed by atoms with Gasteiger partial charge in [-0.15, -0.1) is 0 Å². The lowest BCUT2D eigenvalue weighted by atomic mass is 10.0. The zero-order valence-electron chi connectivity index (χ0n) is 12.3. The van der Waals surface area contributed by atoms with Crippen molar-refractivity contribution in [3.63, 3.8) is 0 Å². The van der Waals surface area contributed by atoms with E-state index in [1.807, 2.05) is 7.05 Å². The van der Waals surface area contributed by atoms with Gasteiger partial charge in [-0.25, -0.2) is 0 Å². The predicted octanol–water partition coefficient (Wildman–Crippen LogP) is 2.86. The van der Waals surface area contributed by atoms with Crippen LogP contribution in [0.5, 0.6) is 5.75 Å². The van der Waals surface area contributed by atoms with Crippen molar-refractivity contribution in [1.82, 2.24) is 5.32 Å². The van der Waals surface area contributed by atoms with E-state index in [1.54, 1.807) is 7.11 Å². The Hall–Kier alpha value is -1.22. The molecule has 0 fully saturated rings. The zero-order valence-corrected chi connectivity index (χ0v) is 12.3. The number of benzene rings is 1. The summed E-state index contributed by atoms with van der Waals surface area (Å²) in [4.78, 5) is 2.25. The van der Waals surface area contributed by atoms with Crippen LogP contribution in [-0.4, -0.2) is 34.3 Å². The van der Waals surface area contributed by atoms with Gasteiger partial charge in [-0.3, -0.25) is 0 Å². The van der Waals surface area contributed by atoms with Gasteiger partial charge in [0.2, 0.25) is 0 Å². The molecule has 0 amide bonds. The normalized spacial score (nSPS) is 10.8. The molecular weight excluding hydrogens is 224 g/mol. The summed E-state index contributed by atoms with van der Waals surface area (Å²) in [5, 5.41) is 3.17. The van der Waals surface area contributed by atoms with Gasteiger partial charge < -0.3 is 15.0 Å². The lowest BCUT2D eigenvalue weighted by Crippen LogP contribution is -2.22. The SMILES string of the molecule is CNCCCN(C)c1ccc(C(C)C)cc1OC. The molecule has 0 bridgehead atoms. The number of nitrogens with one attached hydrogen (secondary N) is 1. The number of nitrogens with zero attached hydrogens (tertiary/aromatic N) is 1. The predicted molar refractivity (Wildman–Crippen MR) is 78.9 cm³/mol. The first-order valence-electron chi connectivity index (χ1n) is 6.63. The molecule has 102 valence electrons. The molecule has 3 nitrogen and oxygen atoms in total. The molecule has 1 rings (SSSR count). The van der Waals surface area contributed by atoms with Crippen molar-refractivity contribution in [2.24, 2.45) is 0 Å². The van der Waals surface area contributed by atoms with Crippen molar-refractivity contribution in [2.75, 3.05) is 39.2 Å². The molecule has 18 heavy (non-hydrogen) atoms. The number of rotatable bonds is 7. The molecule has 0 aliphatic rings. The van der Waals surface area contributed by atoms with Gasteiger partial charge in [-0.05, 0) is 43.6 Å². The van der Waals surface area contributed by atoms with Gasteiger partial charge in [0.15, 0.2) is 0 Å². The quantitative estimate of drug-likeness (QED) is 0.753. The largest absolute Gasteiger partial charge is 0.495 e. The standard InChI is InChI=1S/C15H26N2O/c1-12(2)13-7-8-14(15(11-13)18-5)17(4)10-6-9-16-3/h7-8,11-12,16H,6,9-10H2,1-5H3. The first kappa shape index (κ1) is 14.8. The van der Waals surface area contributed by atoms with Gasteiger partial charge >= 0.3 is 0 Å². The monoisotopic (exact) mass is 250 g/mol. The molecule has 0 aliphatic heterocycles. The van der Waals surface area contributed by atoms with E-state index in [0.29, 0.717) is 5.92 Å². The number of ether oxygens (including phenoxy) is 1. The van der Waals surface area contributed by atoms with E-state index in [2.05, 4.69) is 49.3 Å². The van der Waals surface area contributed by atoms with Crippen LogP contribution in [-0.2, 0) is 0 Å². The highest BCUT2D eigenvalue weighted by molar-refractivity contribution is 5.59. The second-order valence-corrected chi connectivity index (χ2v) is 4.96. The summed E-state index contributed by atoms with van der Waals surface area (Å²) in [5.74, 6) is 1.50. The minimum atomic E-state index is 0.530. The molecule has 1 N–H and O–H groups in total. The fourth-order valence-corrected chi connectivity index (χ4v) is 1.98. The molecule has 0 radical (unpaired) electrons. The van der Waals surface area contributed by atoms with Gasteiger partial charge in [-0.1, -0.05) is 19.9 Å². The average molecular weight is 250 g/mol. The Morgan fingerprint density at radius 3 is 2.61 bits per heavy atom. The summed E-state index contributed by atoms with van der Waals surface area (Å²) < 4.78 is 5.51. The number of hydrogen-bond acceptors (Lipinski definition) is 3. The van der Waals surface area contributed by atoms with E-state index in [-0.39, 0.29) is 0 Å². The molecule has 0 saturated carbocycles. The van der Waals surface area contributed by atoms with Crippen LogP contribution in [0.2, 0.25) is 0 Å². The summed E-state index contributed by atoms with van der Waals surface area (Å²) in [6.45, 7) is 6.46. The molecule has 0 unspecified atom stereocenters. The van der Waals surface area contributed by atoms with Gasteiger partial charge in [-0.2, -0.15) is 0 Å². The van der Waals surface area contributed by atoms with Crippen LogP contribution in [0.4, 0.5) is 5.69 Å². The third-order valence-corrected chi connectivity index (χ3v) is 3.20. The maximum Gasteiger partial charge on any atom is 0.142 e. The molecule has 0 aromatic heterocycles. The smallest absolute Gasteiger partial charge is 0.142 e. The van der Waals surface area contributed by atoms with Crippen molar-refractivity contribution in [1.29, 1.82) is 0 Å². The lowest BCUT2D eigenvalue weighted by Gasteiger charge is -2.22. The molecule has 0 atom stereocenters. The third kappa shape index (κ3) is 3.91. The molecule has 1 aromatic carbocycles. The van der Waals surface area contributed by atoms with Crippen LogP contribution in [0.25, 0.3) is 0 Å². The highest BCUT2D eigenvalue weighted by atomic mass is 16.5. The first-order chi connectivity index (χ1) is 8.60. The molecule has 0 spiro atoms. The maximum atomic E-state index is 5.51. The molecule has 1 aromatic rings. The highest BCUT2D eigenvalue weighted by Gasteiger charge is 2.10. The molecular formula is C15H26N2O. The Morgan fingerprint density at radius 1 is 1.33 bits per heavy atom. The molecule has 0 heterocycles. The zero-order chi connectivity index (χ0) is 13.5. The number of hydrogen-bond donors (Lipinski definition) is 1. The van der Waals surface area contributed by atoms with E-state index in [9.17, 15) is 0 Å². The number of methoxy groups -OCH3 is 1. The summed E-state index contributed by atoms with van der Waals surface area (Å²) in [5.41, 5.74) is 2.48. The van der Waals surface area contributed by atoms with Crippen molar-refractivity contribution in [3.05, 3.63) is 23.8 Å². The summed E-state index contributed by atoms with van der Waals surface area (Å²) in [6, 6.07) is 6.50. The summed E-state index contributed by atoms with van der Waals surface area (Å²) in [6.07, 6.45) is 1.13. The van der Waals surface area contributed by atoms with Crippen molar-refractivity contribution < 1.29 is 4.74 Å². The van der Waals surface area contributed by atoms with Crippen molar-refractivity contribution >= 4 is 5.69 Å². The Bertz CT molecular complexity index is 364. The van der Waals surface area contributed by atoms with Crippen molar-refractivity contribution in [3.8, 4) is 5.75 Å². The second-order valence-electron chi connectivity index (χ2n) is 4.96. The van der Waals surface area contributed by atoms with Crippen LogP contribution in [0.15, 0.2) is 18.2 Å². The van der Waals surface area contributed by atoms with E-state index < -0.39 is 0 Å². The molecule has 0 saturated heterocycles. The van der Waals surface area contributed by atoms with E-state index in [1.165, 1.54) is 5.56 Å². The Balaban J connectivity index is 2.81. The van der Waals surface area contributed by atoms with Crippen LogP contribution in [0, 0.1) is 0 Å². The van der Waals surface area contributed by atoms with E-state index in [4.69, 9.17) is 4.74 Å². The van der Waals surface area contributed by atoms with Gasteiger partial charge in [0.25, 0.3) is 0 Å². The minimum Gasteiger partial charge on any atom is -0.495 e. The summed E-state index contributed by atoms with van der Waals surface area (Å²) >= 11 is 0. The van der Waals surface area contributed by atoms with Gasteiger partial charge in [0.1, 0.15) is 5.75 Å². The average Bonchev–Trinajstić information content (AvgIpc) is 2.38. The third-order valence-electron chi connectivity index (χ3n) is 3.20. The van der Waals surface area contributed by atoms with Gasteiger partial charge in [0.05, 0.1) is 12.8 Å². The van der Waals surface area contributed by atoms with Crippen molar-refractivity contribution in [2.45, 2.75) is 26.2 Å². The Kier molecular flexibility index (Phi) is 5.99. The molecule has 3 heteroatoms. The summed E-state index contributed by atoms with van der Waals surface area (Å²) in [7, 11) is 5.84. The van der Waals surface area contributed by atoms with Crippen LogP contribution >= 0.6 is 0 Å². The maximum absolute atomic E-state index is 5.51. The topological polar surface area (TPSA) is 24.5 Å². The highest BCUT2D eigenvalue weighted by Crippen LogP contribution is 2.31. The first-order valence-corrected chi connectivity index (χ1v) is 6.63. The second kappa shape index (κ2) is 7.27. The number of anilines is 1. The van der Waals surface area contributed by atoms with E-state index >= 15 is 0 Å². The Morgan fingerprint density at radius 2 is 2.06 bits per heavy atom. The van der Waals surface area contributed by atoms with Gasteiger partial charge in [0, 0.05) is 13.6 Å². The molecule has 0 aliphatic carbocycles. The fraction of sp³-hybridized carbons (Fsp3) is 0.600. The fourth-order valence-electron chi connectivity index (χ4n) is 1.98. The van der Waals surface area contributed by atoms with Crippen LogP contribution < -0.4 is 15.0 Å². The van der Waals surface area contributed by atoms with Crippen LogP contribution in [0.3, 0.4) is 0 Å². The Labute approximate surface area is 111 Å². The van der Waals surface area contributed by atoms with Crippen LogP contribution in [0.1, 0.15) is 31.7 Å².